The van der Waals surface area contributed by atoms with Gasteiger partial charge in [-0.2, -0.15) is 0 Å². The molecule has 0 aliphatic carbocycles. The van der Waals surface area contributed by atoms with E-state index in [1.807, 2.05) is 9.34 Å². The third-order valence-electron chi connectivity index (χ3n) is 3.13. The standard InChI is InChI=1S/C10H18ClN2O4P/c11-10(9-14)18(15,12-1-5-16-6-2-12)13-3-7-17-8-4-13/h9,14H,1-8H2/b10-9+. The molecule has 0 aromatic rings. The van der Waals surface area contributed by atoms with Crippen LogP contribution in [0.4, 0.5) is 0 Å². The molecular weight excluding hydrogens is 279 g/mol. The zero-order valence-corrected chi connectivity index (χ0v) is 11.8. The molecule has 0 spiro atoms. The van der Waals surface area contributed by atoms with Crippen LogP contribution in [0.3, 0.4) is 0 Å². The first kappa shape index (κ1) is 14.3. The van der Waals surface area contributed by atoms with Gasteiger partial charge >= 0.3 is 0 Å². The van der Waals surface area contributed by atoms with Crippen molar-refractivity contribution >= 4 is 19.0 Å². The largest absolute Gasteiger partial charge is 0.514 e. The Hall–Kier alpha value is -0.100. The van der Waals surface area contributed by atoms with Gasteiger partial charge in [0, 0.05) is 26.2 Å². The van der Waals surface area contributed by atoms with Crippen molar-refractivity contribution in [2.45, 2.75) is 0 Å². The quantitative estimate of drug-likeness (QED) is 0.628. The molecule has 2 aliphatic heterocycles. The van der Waals surface area contributed by atoms with E-state index < -0.39 is 7.44 Å². The molecule has 0 aromatic carbocycles. The third kappa shape index (κ3) is 2.74. The monoisotopic (exact) mass is 296 g/mol. The van der Waals surface area contributed by atoms with E-state index in [4.69, 9.17) is 26.2 Å². The number of hydrogen-bond donors (Lipinski definition) is 1. The van der Waals surface area contributed by atoms with Crippen LogP contribution < -0.4 is 0 Å². The van der Waals surface area contributed by atoms with E-state index in [2.05, 4.69) is 0 Å². The van der Waals surface area contributed by atoms with Gasteiger partial charge in [0.2, 0.25) is 0 Å². The minimum Gasteiger partial charge on any atom is -0.514 e. The summed E-state index contributed by atoms with van der Waals surface area (Å²) in [5, 5.41) is 9.15. The summed E-state index contributed by atoms with van der Waals surface area (Å²) in [6.07, 6.45) is 0.743. The van der Waals surface area contributed by atoms with E-state index >= 15 is 0 Å². The first-order valence-electron chi connectivity index (χ1n) is 5.96. The molecule has 8 heteroatoms. The van der Waals surface area contributed by atoms with Gasteiger partial charge in [-0.3, -0.25) is 4.57 Å². The van der Waals surface area contributed by atoms with Crippen molar-refractivity contribution in [1.29, 1.82) is 0 Å². The fourth-order valence-electron chi connectivity index (χ4n) is 2.17. The van der Waals surface area contributed by atoms with Crippen LogP contribution >= 0.6 is 19.0 Å². The zero-order chi connectivity index (χ0) is 13.0. The first-order valence-corrected chi connectivity index (χ1v) is 7.95. The number of ether oxygens (including phenoxy) is 2. The summed E-state index contributed by atoms with van der Waals surface area (Å²) >= 11 is 6.02. The Morgan fingerprint density at radius 2 is 1.44 bits per heavy atom. The Balaban J connectivity index is 2.23. The van der Waals surface area contributed by atoms with Crippen molar-refractivity contribution in [2.24, 2.45) is 0 Å². The molecule has 0 atom stereocenters. The average Bonchev–Trinajstić information content (AvgIpc) is 2.47. The number of halogens is 1. The highest BCUT2D eigenvalue weighted by atomic mass is 35.5. The second-order valence-corrected chi connectivity index (χ2v) is 7.50. The average molecular weight is 297 g/mol. The maximum Gasteiger partial charge on any atom is 0.260 e. The number of aliphatic hydroxyl groups excluding tert-OH is 1. The fourth-order valence-corrected chi connectivity index (χ4v) is 5.27. The fraction of sp³-hybridized carbons (Fsp3) is 0.800. The van der Waals surface area contributed by atoms with E-state index in [0.717, 1.165) is 6.26 Å². The van der Waals surface area contributed by atoms with Crippen LogP contribution in [-0.4, -0.2) is 67.1 Å². The molecule has 1 N–H and O–H groups in total. The molecule has 104 valence electrons. The molecule has 2 fully saturated rings. The zero-order valence-electron chi connectivity index (χ0n) is 10.1. The van der Waals surface area contributed by atoms with E-state index in [0.29, 0.717) is 52.6 Å². The summed E-state index contributed by atoms with van der Waals surface area (Å²) in [6, 6.07) is 0. The van der Waals surface area contributed by atoms with Crippen molar-refractivity contribution < 1.29 is 19.1 Å². The van der Waals surface area contributed by atoms with Crippen LogP contribution in [-0.2, 0) is 14.0 Å². The molecular formula is C10H18ClN2O4P. The van der Waals surface area contributed by atoms with Crippen LogP contribution in [0.1, 0.15) is 0 Å². The van der Waals surface area contributed by atoms with E-state index in [1.54, 1.807) is 0 Å². The van der Waals surface area contributed by atoms with Crippen LogP contribution in [0.2, 0.25) is 0 Å². The minimum atomic E-state index is -3.08. The Morgan fingerprint density at radius 1 is 1.06 bits per heavy atom. The molecule has 2 rings (SSSR count). The van der Waals surface area contributed by atoms with Crippen LogP contribution in [0.5, 0.6) is 0 Å². The summed E-state index contributed by atoms with van der Waals surface area (Å²) < 4.78 is 27.4. The minimum absolute atomic E-state index is 0.00583. The van der Waals surface area contributed by atoms with Gasteiger partial charge in [-0.15, -0.1) is 0 Å². The van der Waals surface area contributed by atoms with E-state index in [9.17, 15) is 4.57 Å². The molecule has 0 bridgehead atoms. The van der Waals surface area contributed by atoms with Gasteiger partial charge in [0.05, 0.1) is 26.4 Å². The predicted octanol–water partition coefficient (Wildman–Crippen LogP) is 1.44. The first-order chi connectivity index (χ1) is 8.69. The smallest absolute Gasteiger partial charge is 0.260 e. The molecule has 2 aliphatic rings. The van der Waals surface area contributed by atoms with Crippen molar-refractivity contribution in [3.63, 3.8) is 0 Å². The lowest BCUT2D eigenvalue weighted by Gasteiger charge is -2.41. The number of hydrogen-bond acceptors (Lipinski definition) is 4. The van der Waals surface area contributed by atoms with E-state index in [-0.39, 0.29) is 4.77 Å². The predicted molar refractivity (Wildman–Crippen MR) is 69.0 cm³/mol. The Bertz CT molecular complexity index is 332. The Kier molecular flexibility index (Phi) is 5.06. The molecule has 0 saturated carbocycles. The molecule has 2 heterocycles. The van der Waals surface area contributed by atoms with Crippen molar-refractivity contribution in [1.82, 2.24) is 9.34 Å². The van der Waals surface area contributed by atoms with Gasteiger partial charge in [-0.25, -0.2) is 9.34 Å². The van der Waals surface area contributed by atoms with Gasteiger partial charge in [-0.1, -0.05) is 11.6 Å². The van der Waals surface area contributed by atoms with Gasteiger partial charge in [0.15, 0.2) is 0 Å². The molecule has 0 unspecified atom stereocenters. The number of morpholine rings is 2. The molecule has 6 nitrogen and oxygen atoms in total. The third-order valence-corrected chi connectivity index (χ3v) is 6.89. The Labute approximate surface area is 112 Å². The molecule has 0 radical (unpaired) electrons. The number of nitrogens with zero attached hydrogens (tertiary/aromatic N) is 2. The van der Waals surface area contributed by atoms with Gasteiger partial charge in [0.25, 0.3) is 7.44 Å². The van der Waals surface area contributed by atoms with Crippen molar-refractivity contribution in [3.05, 3.63) is 11.0 Å². The lowest BCUT2D eigenvalue weighted by Crippen LogP contribution is -2.43. The summed E-state index contributed by atoms with van der Waals surface area (Å²) in [6.45, 7) is 4.34. The van der Waals surface area contributed by atoms with Gasteiger partial charge in [0.1, 0.15) is 11.0 Å². The highest BCUT2D eigenvalue weighted by Gasteiger charge is 2.41. The normalized spacial score (nSPS) is 25.3. The lowest BCUT2D eigenvalue weighted by atomic mass is 10.5. The van der Waals surface area contributed by atoms with Crippen LogP contribution in [0, 0.1) is 0 Å². The van der Waals surface area contributed by atoms with Gasteiger partial charge in [-0.05, 0) is 0 Å². The second kappa shape index (κ2) is 6.37. The SMILES string of the molecule is O=P(/C(Cl)=C/O)(N1CCOCC1)N1CCOCC1. The molecule has 0 amide bonds. The summed E-state index contributed by atoms with van der Waals surface area (Å²) in [5.74, 6) is 0. The second-order valence-electron chi connectivity index (χ2n) is 4.13. The summed E-state index contributed by atoms with van der Waals surface area (Å²) in [5.41, 5.74) is 0. The van der Waals surface area contributed by atoms with Crippen molar-refractivity contribution in [2.75, 3.05) is 52.6 Å². The highest BCUT2D eigenvalue weighted by molar-refractivity contribution is 7.65. The molecule has 0 aromatic heterocycles. The lowest BCUT2D eigenvalue weighted by molar-refractivity contribution is 0.0534. The summed E-state index contributed by atoms with van der Waals surface area (Å²) in [7, 11) is -3.08. The maximum absolute atomic E-state index is 13.2. The van der Waals surface area contributed by atoms with Crippen LogP contribution in [0.25, 0.3) is 0 Å². The highest BCUT2D eigenvalue weighted by Crippen LogP contribution is 2.61. The van der Waals surface area contributed by atoms with Crippen molar-refractivity contribution in [3.8, 4) is 0 Å². The number of aliphatic hydroxyl groups is 1. The maximum atomic E-state index is 13.2. The summed E-state index contributed by atoms with van der Waals surface area (Å²) in [4.78, 5) is 0. The van der Waals surface area contributed by atoms with Crippen LogP contribution in [0.15, 0.2) is 11.0 Å². The van der Waals surface area contributed by atoms with Gasteiger partial charge < -0.3 is 14.6 Å². The van der Waals surface area contributed by atoms with E-state index in [1.165, 1.54) is 0 Å². The Morgan fingerprint density at radius 3 is 1.78 bits per heavy atom. The molecule has 18 heavy (non-hydrogen) atoms. The topological polar surface area (TPSA) is 62.2 Å². The molecule has 2 saturated heterocycles. The number of rotatable bonds is 3.